The topological polar surface area (TPSA) is 36.0 Å². The first-order valence-electron chi connectivity index (χ1n) is 13.2. The van der Waals surface area contributed by atoms with Crippen LogP contribution in [0.3, 0.4) is 0 Å². The number of hydrogen-bond donors (Lipinski definition) is 0. The summed E-state index contributed by atoms with van der Waals surface area (Å²) in [6, 6.07) is 15.6. The van der Waals surface area contributed by atoms with Crippen LogP contribution < -0.4 is 4.90 Å². The molecule has 3 aromatic rings. The zero-order chi connectivity index (χ0) is 29.3. The Hall–Kier alpha value is -2.85. The van der Waals surface area contributed by atoms with E-state index in [0.717, 1.165) is 36.5 Å². The van der Waals surface area contributed by atoms with Gasteiger partial charge in [-0.05, 0) is 66.7 Å². The average Bonchev–Trinajstić information content (AvgIpc) is 3.40. The quantitative estimate of drug-likeness (QED) is 0.290. The maximum absolute atomic E-state index is 14.3. The van der Waals surface area contributed by atoms with Crippen molar-refractivity contribution in [3.8, 4) is 0 Å². The number of alkyl halides is 3. The number of amides is 1. The summed E-state index contributed by atoms with van der Waals surface area (Å²) >= 11 is 12.5. The molecule has 0 aromatic heterocycles. The molecular formula is C30H29Cl2F4N3O2. The molecule has 0 bridgehead atoms. The Morgan fingerprint density at radius 3 is 2.32 bits per heavy atom. The normalized spacial score (nSPS) is 19.7. The van der Waals surface area contributed by atoms with Crippen LogP contribution in [0.25, 0.3) is 0 Å². The second kappa shape index (κ2) is 12.2. The molecule has 2 atom stereocenters. The SMILES string of the molecule is CN(Cc1ccc(C(F)(F)F)c(F)c1)[C@@H]1CN(C(=O)c2ccc(N3CCOCC3)cc2)C[C@@H]1c1ccc(Cl)c(Cl)c1. The van der Waals surface area contributed by atoms with E-state index in [9.17, 15) is 22.4 Å². The Balaban J connectivity index is 1.37. The predicted molar refractivity (Wildman–Crippen MR) is 151 cm³/mol. The first-order chi connectivity index (χ1) is 19.5. The molecule has 2 saturated heterocycles. The lowest BCUT2D eigenvalue weighted by atomic mass is 9.93. The number of ether oxygens (including phenoxy) is 1. The second-order valence-electron chi connectivity index (χ2n) is 10.4. The fourth-order valence-corrected chi connectivity index (χ4v) is 5.89. The Kier molecular flexibility index (Phi) is 8.80. The van der Waals surface area contributed by atoms with Gasteiger partial charge in [0.2, 0.25) is 0 Å². The number of rotatable bonds is 6. The van der Waals surface area contributed by atoms with Crippen molar-refractivity contribution in [1.29, 1.82) is 0 Å². The summed E-state index contributed by atoms with van der Waals surface area (Å²) in [5.74, 6) is -1.60. The highest BCUT2D eigenvalue weighted by Crippen LogP contribution is 2.36. The molecule has 0 N–H and O–H groups in total. The molecule has 2 aliphatic rings. The molecule has 11 heteroatoms. The van der Waals surface area contributed by atoms with Gasteiger partial charge in [0, 0.05) is 55.9 Å². The first-order valence-corrected chi connectivity index (χ1v) is 14.0. The van der Waals surface area contributed by atoms with Crippen molar-refractivity contribution < 1.29 is 27.1 Å². The van der Waals surface area contributed by atoms with Crippen molar-refractivity contribution >= 4 is 34.8 Å². The summed E-state index contributed by atoms with van der Waals surface area (Å²) in [5, 5.41) is 0.797. The highest BCUT2D eigenvalue weighted by atomic mass is 35.5. The number of likely N-dealkylation sites (N-methyl/N-ethyl adjacent to an activating group) is 1. The van der Waals surface area contributed by atoms with Crippen LogP contribution in [0.5, 0.6) is 0 Å². The molecule has 1 amide bonds. The number of likely N-dealkylation sites (tertiary alicyclic amines) is 1. The van der Waals surface area contributed by atoms with Gasteiger partial charge in [0.25, 0.3) is 5.91 Å². The second-order valence-corrected chi connectivity index (χ2v) is 11.2. The van der Waals surface area contributed by atoms with E-state index in [4.69, 9.17) is 27.9 Å². The van der Waals surface area contributed by atoms with Crippen molar-refractivity contribution in [3.05, 3.63) is 98.8 Å². The van der Waals surface area contributed by atoms with Gasteiger partial charge < -0.3 is 14.5 Å². The highest BCUT2D eigenvalue weighted by Gasteiger charge is 2.39. The molecule has 41 heavy (non-hydrogen) atoms. The lowest BCUT2D eigenvalue weighted by Gasteiger charge is -2.29. The molecule has 5 rings (SSSR count). The van der Waals surface area contributed by atoms with Crippen LogP contribution in [0, 0.1) is 5.82 Å². The third-order valence-corrected chi connectivity index (χ3v) is 8.51. The van der Waals surface area contributed by atoms with E-state index < -0.39 is 17.6 Å². The number of hydrogen-bond acceptors (Lipinski definition) is 4. The number of morpholine rings is 1. The zero-order valence-electron chi connectivity index (χ0n) is 22.3. The number of anilines is 1. The first kappa shape index (κ1) is 29.6. The van der Waals surface area contributed by atoms with E-state index in [2.05, 4.69) is 4.90 Å². The minimum atomic E-state index is -4.76. The largest absolute Gasteiger partial charge is 0.419 e. The lowest BCUT2D eigenvalue weighted by Crippen LogP contribution is -2.38. The molecule has 0 saturated carbocycles. The van der Waals surface area contributed by atoms with Crippen molar-refractivity contribution in [3.63, 3.8) is 0 Å². The van der Waals surface area contributed by atoms with Crippen molar-refractivity contribution in [2.45, 2.75) is 24.7 Å². The van der Waals surface area contributed by atoms with Crippen LogP contribution in [-0.4, -0.2) is 68.2 Å². The van der Waals surface area contributed by atoms with E-state index in [1.165, 1.54) is 6.07 Å². The number of nitrogens with zero attached hydrogens (tertiary/aromatic N) is 3. The van der Waals surface area contributed by atoms with Crippen LogP contribution in [0.4, 0.5) is 23.2 Å². The lowest BCUT2D eigenvalue weighted by molar-refractivity contribution is -0.140. The van der Waals surface area contributed by atoms with Crippen LogP contribution in [-0.2, 0) is 17.5 Å². The smallest absolute Gasteiger partial charge is 0.378 e. The van der Waals surface area contributed by atoms with Crippen molar-refractivity contribution in [1.82, 2.24) is 9.80 Å². The van der Waals surface area contributed by atoms with E-state index in [-0.39, 0.29) is 24.4 Å². The number of benzene rings is 3. The maximum atomic E-state index is 14.3. The minimum Gasteiger partial charge on any atom is -0.378 e. The van der Waals surface area contributed by atoms with Gasteiger partial charge in [-0.3, -0.25) is 9.69 Å². The molecule has 0 radical (unpaired) electrons. The van der Waals surface area contributed by atoms with E-state index in [1.807, 2.05) is 42.3 Å². The van der Waals surface area contributed by atoms with Gasteiger partial charge in [-0.25, -0.2) is 4.39 Å². The van der Waals surface area contributed by atoms with Gasteiger partial charge in [-0.1, -0.05) is 35.3 Å². The highest BCUT2D eigenvalue weighted by molar-refractivity contribution is 6.42. The molecule has 5 nitrogen and oxygen atoms in total. The third-order valence-electron chi connectivity index (χ3n) is 7.78. The summed E-state index contributed by atoms with van der Waals surface area (Å²) in [7, 11) is 1.82. The summed E-state index contributed by atoms with van der Waals surface area (Å²) in [6.07, 6.45) is -4.76. The fourth-order valence-electron chi connectivity index (χ4n) is 5.58. The van der Waals surface area contributed by atoms with Crippen LogP contribution >= 0.6 is 23.2 Å². The molecule has 218 valence electrons. The Labute approximate surface area is 246 Å². The summed E-state index contributed by atoms with van der Waals surface area (Å²) < 4.78 is 58.8. The standard InChI is InChI=1S/C30H29Cl2F4N3O2/c1-37(16-19-2-8-24(27(33)14-19)30(34,35)36)28-18-39(17-23(28)21-5-9-25(31)26(32)15-21)29(40)20-3-6-22(7-4-20)38-10-12-41-13-11-38/h2-9,14-15,23,28H,10-13,16-18H2,1H3/t23-,28-/m1/s1. The summed E-state index contributed by atoms with van der Waals surface area (Å²) in [5.41, 5.74) is 1.57. The number of halogens is 6. The Morgan fingerprint density at radius 1 is 0.976 bits per heavy atom. The van der Waals surface area contributed by atoms with Crippen LogP contribution in [0.1, 0.15) is 33.0 Å². The average molecular weight is 610 g/mol. The number of carbonyl (C=O) groups excluding carboxylic acids is 1. The van der Waals surface area contributed by atoms with Crippen LogP contribution in [0.2, 0.25) is 10.0 Å². The molecular weight excluding hydrogens is 581 g/mol. The van der Waals surface area contributed by atoms with Gasteiger partial charge in [0.05, 0.1) is 28.8 Å². The van der Waals surface area contributed by atoms with E-state index >= 15 is 0 Å². The molecule has 0 aliphatic carbocycles. The molecule has 2 aliphatic heterocycles. The predicted octanol–water partition coefficient (Wildman–Crippen LogP) is 6.73. The Bertz CT molecular complexity index is 1400. The van der Waals surface area contributed by atoms with E-state index in [1.54, 1.807) is 17.0 Å². The monoisotopic (exact) mass is 609 g/mol. The van der Waals surface area contributed by atoms with Gasteiger partial charge in [0.1, 0.15) is 5.82 Å². The third kappa shape index (κ3) is 6.64. The van der Waals surface area contributed by atoms with Gasteiger partial charge in [-0.2, -0.15) is 13.2 Å². The van der Waals surface area contributed by atoms with E-state index in [0.29, 0.717) is 47.5 Å². The van der Waals surface area contributed by atoms with Gasteiger partial charge in [-0.15, -0.1) is 0 Å². The molecule has 0 unspecified atom stereocenters. The molecule has 2 fully saturated rings. The van der Waals surface area contributed by atoms with Crippen LogP contribution in [0.15, 0.2) is 60.7 Å². The van der Waals surface area contributed by atoms with Crippen molar-refractivity contribution in [2.24, 2.45) is 0 Å². The number of carbonyl (C=O) groups is 1. The van der Waals surface area contributed by atoms with Gasteiger partial charge >= 0.3 is 6.18 Å². The molecule has 2 heterocycles. The summed E-state index contributed by atoms with van der Waals surface area (Å²) in [6.45, 7) is 3.88. The zero-order valence-corrected chi connectivity index (χ0v) is 23.8. The van der Waals surface area contributed by atoms with Gasteiger partial charge in [0.15, 0.2) is 0 Å². The summed E-state index contributed by atoms with van der Waals surface area (Å²) in [4.78, 5) is 19.5. The fraction of sp³-hybridized carbons (Fsp3) is 0.367. The molecule has 0 spiro atoms. The molecule has 3 aromatic carbocycles. The minimum absolute atomic E-state index is 0.125. The van der Waals surface area contributed by atoms with Crippen molar-refractivity contribution in [2.75, 3.05) is 51.3 Å². The maximum Gasteiger partial charge on any atom is 0.419 e. The Morgan fingerprint density at radius 2 is 1.68 bits per heavy atom.